The van der Waals surface area contributed by atoms with Crippen molar-refractivity contribution in [2.24, 2.45) is 0 Å². The number of carbonyl (C=O) groups is 2. The van der Waals surface area contributed by atoms with E-state index in [-0.39, 0.29) is 23.2 Å². The van der Waals surface area contributed by atoms with Crippen molar-refractivity contribution < 1.29 is 14.3 Å². The molecule has 7 heteroatoms. The van der Waals surface area contributed by atoms with E-state index in [2.05, 4.69) is 10.4 Å². The fourth-order valence-electron chi connectivity index (χ4n) is 2.31. The molecule has 1 aromatic carbocycles. The number of aryl methyl sites for hydroxylation is 1. The van der Waals surface area contributed by atoms with Crippen molar-refractivity contribution in [2.75, 3.05) is 13.2 Å². The molecule has 1 heterocycles. The van der Waals surface area contributed by atoms with Gasteiger partial charge in [0.15, 0.2) is 6.61 Å². The van der Waals surface area contributed by atoms with E-state index in [1.54, 1.807) is 11.6 Å². The Morgan fingerprint density at radius 1 is 1.28 bits per heavy atom. The molecule has 0 spiro atoms. The molecular formula is C18H22ClN3O3. The summed E-state index contributed by atoms with van der Waals surface area (Å²) in [5.41, 5.74) is 1.68. The topological polar surface area (TPSA) is 73.2 Å². The molecule has 6 nitrogen and oxygen atoms in total. The van der Waals surface area contributed by atoms with E-state index >= 15 is 0 Å². The number of hydrogen-bond donors (Lipinski definition) is 1. The molecular weight excluding hydrogens is 342 g/mol. The molecule has 0 aliphatic rings. The van der Waals surface area contributed by atoms with E-state index in [0.717, 1.165) is 18.4 Å². The van der Waals surface area contributed by atoms with Crippen LogP contribution in [0.1, 0.15) is 41.4 Å². The molecule has 0 aliphatic carbocycles. The van der Waals surface area contributed by atoms with Gasteiger partial charge in [-0.25, -0.2) is 9.48 Å². The van der Waals surface area contributed by atoms with Crippen LogP contribution in [0, 0.1) is 6.92 Å². The van der Waals surface area contributed by atoms with Crippen LogP contribution in [0.15, 0.2) is 30.3 Å². The van der Waals surface area contributed by atoms with Crippen molar-refractivity contribution in [3.63, 3.8) is 0 Å². The van der Waals surface area contributed by atoms with Gasteiger partial charge in [-0.2, -0.15) is 5.10 Å². The standard InChI is InChI=1S/C18H22ClN3O3/c1-3-4-10-20-15(23)12-25-18(24)16-13(2)21-22(17(16)19)11-14-8-6-5-7-9-14/h5-9H,3-4,10-12H2,1-2H3,(H,20,23). The van der Waals surface area contributed by atoms with E-state index in [1.165, 1.54) is 0 Å². The van der Waals surface area contributed by atoms with Crippen molar-refractivity contribution in [1.29, 1.82) is 0 Å². The number of halogens is 1. The van der Waals surface area contributed by atoms with E-state index in [1.807, 2.05) is 37.3 Å². The summed E-state index contributed by atoms with van der Waals surface area (Å²) in [6, 6.07) is 9.67. The molecule has 0 fully saturated rings. The first-order valence-electron chi connectivity index (χ1n) is 8.23. The van der Waals surface area contributed by atoms with Crippen LogP contribution < -0.4 is 5.32 Å². The van der Waals surface area contributed by atoms with Gasteiger partial charge in [-0.3, -0.25) is 4.79 Å². The van der Waals surface area contributed by atoms with Crippen LogP contribution in [0.4, 0.5) is 0 Å². The molecule has 1 aromatic heterocycles. The predicted octanol–water partition coefficient (Wildman–Crippen LogP) is 2.97. The van der Waals surface area contributed by atoms with Crippen molar-refractivity contribution in [2.45, 2.75) is 33.2 Å². The number of carbonyl (C=O) groups excluding carboxylic acids is 2. The van der Waals surface area contributed by atoms with Gasteiger partial charge < -0.3 is 10.1 Å². The summed E-state index contributed by atoms with van der Waals surface area (Å²) in [4.78, 5) is 23.9. The van der Waals surface area contributed by atoms with Gasteiger partial charge in [-0.1, -0.05) is 55.3 Å². The van der Waals surface area contributed by atoms with E-state index in [0.29, 0.717) is 18.8 Å². The van der Waals surface area contributed by atoms with Gasteiger partial charge in [0.2, 0.25) is 0 Å². The lowest BCUT2D eigenvalue weighted by molar-refractivity contribution is -0.124. The van der Waals surface area contributed by atoms with Crippen LogP contribution in [-0.2, 0) is 16.1 Å². The average Bonchev–Trinajstić information content (AvgIpc) is 2.87. The number of esters is 1. The second-order valence-electron chi connectivity index (χ2n) is 5.67. The Balaban J connectivity index is 1.99. The first-order valence-corrected chi connectivity index (χ1v) is 8.61. The Morgan fingerprint density at radius 2 is 2.00 bits per heavy atom. The third-order valence-corrected chi connectivity index (χ3v) is 4.02. The number of aromatic nitrogens is 2. The zero-order chi connectivity index (χ0) is 18.2. The zero-order valence-electron chi connectivity index (χ0n) is 14.4. The fourth-order valence-corrected chi connectivity index (χ4v) is 2.62. The Labute approximate surface area is 152 Å². The van der Waals surface area contributed by atoms with Gasteiger partial charge >= 0.3 is 5.97 Å². The van der Waals surface area contributed by atoms with Crippen LogP contribution in [0.2, 0.25) is 5.15 Å². The highest BCUT2D eigenvalue weighted by molar-refractivity contribution is 6.32. The summed E-state index contributed by atoms with van der Waals surface area (Å²) < 4.78 is 6.60. The normalized spacial score (nSPS) is 10.5. The first-order chi connectivity index (χ1) is 12.0. The van der Waals surface area contributed by atoms with Crippen molar-refractivity contribution in [3.8, 4) is 0 Å². The number of rotatable bonds is 8. The Hall–Kier alpha value is -2.34. The molecule has 25 heavy (non-hydrogen) atoms. The Morgan fingerprint density at radius 3 is 2.68 bits per heavy atom. The molecule has 0 unspecified atom stereocenters. The fraction of sp³-hybridized carbons (Fsp3) is 0.389. The summed E-state index contributed by atoms with van der Waals surface area (Å²) in [6.45, 7) is 4.41. The smallest absolute Gasteiger partial charge is 0.343 e. The van der Waals surface area contributed by atoms with Crippen LogP contribution in [0.3, 0.4) is 0 Å². The first kappa shape index (κ1) is 19.0. The minimum absolute atomic E-state index is 0.193. The lowest BCUT2D eigenvalue weighted by Crippen LogP contribution is -2.29. The molecule has 0 atom stereocenters. The second-order valence-corrected chi connectivity index (χ2v) is 6.03. The molecule has 1 amide bonds. The van der Waals surface area contributed by atoms with Crippen molar-refractivity contribution in [1.82, 2.24) is 15.1 Å². The highest BCUT2D eigenvalue weighted by atomic mass is 35.5. The third kappa shape index (κ3) is 5.32. The minimum atomic E-state index is -0.646. The molecule has 0 radical (unpaired) electrons. The maximum absolute atomic E-state index is 12.2. The molecule has 0 saturated carbocycles. The van der Waals surface area contributed by atoms with Crippen molar-refractivity contribution in [3.05, 3.63) is 52.3 Å². The molecule has 0 bridgehead atoms. The van der Waals surface area contributed by atoms with Crippen LogP contribution in [0.5, 0.6) is 0 Å². The largest absolute Gasteiger partial charge is 0.452 e. The van der Waals surface area contributed by atoms with Crippen LogP contribution in [-0.4, -0.2) is 34.8 Å². The summed E-state index contributed by atoms with van der Waals surface area (Å²) in [7, 11) is 0. The minimum Gasteiger partial charge on any atom is -0.452 e. The summed E-state index contributed by atoms with van der Waals surface area (Å²) in [6.07, 6.45) is 1.87. The number of ether oxygens (including phenoxy) is 1. The average molecular weight is 364 g/mol. The molecule has 134 valence electrons. The Bertz CT molecular complexity index is 729. The molecule has 0 saturated heterocycles. The van der Waals surface area contributed by atoms with Crippen molar-refractivity contribution >= 4 is 23.5 Å². The molecule has 2 rings (SSSR count). The van der Waals surface area contributed by atoms with Gasteiger partial charge in [0, 0.05) is 6.54 Å². The molecule has 2 aromatic rings. The molecule has 0 aliphatic heterocycles. The number of nitrogens with one attached hydrogen (secondary N) is 1. The van der Waals surface area contributed by atoms with Gasteiger partial charge in [-0.05, 0) is 18.9 Å². The van der Waals surface area contributed by atoms with Gasteiger partial charge in [0.1, 0.15) is 10.7 Å². The third-order valence-electron chi connectivity index (χ3n) is 3.63. The quantitative estimate of drug-likeness (QED) is 0.578. The summed E-state index contributed by atoms with van der Waals surface area (Å²) >= 11 is 6.29. The van der Waals surface area contributed by atoms with E-state index in [4.69, 9.17) is 16.3 Å². The molecule has 1 N–H and O–H groups in total. The van der Waals surface area contributed by atoms with Gasteiger partial charge in [0.25, 0.3) is 5.91 Å². The predicted molar refractivity (Wildman–Crippen MR) is 95.7 cm³/mol. The van der Waals surface area contributed by atoms with Crippen LogP contribution in [0.25, 0.3) is 0 Å². The number of hydrogen-bond acceptors (Lipinski definition) is 4. The lowest BCUT2D eigenvalue weighted by Gasteiger charge is -2.06. The number of amides is 1. The van der Waals surface area contributed by atoms with Gasteiger partial charge in [0.05, 0.1) is 12.2 Å². The summed E-state index contributed by atoms with van der Waals surface area (Å²) in [5, 5.41) is 7.19. The monoisotopic (exact) mass is 363 g/mol. The Kier molecular flexibility index (Phi) is 7.01. The lowest BCUT2D eigenvalue weighted by atomic mass is 10.2. The number of unbranched alkanes of at least 4 members (excludes halogenated alkanes) is 1. The SMILES string of the molecule is CCCCNC(=O)COC(=O)c1c(C)nn(Cc2ccccc2)c1Cl. The maximum Gasteiger partial charge on any atom is 0.343 e. The highest BCUT2D eigenvalue weighted by Crippen LogP contribution is 2.21. The number of benzene rings is 1. The second kappa shape index (κ2) is 9.22. The van der Waals surface area contributed by atoms with Crippen LogP contribution >= 0.6 is 11.6 Å². The van der Waals surface area contributed by atoms with E-state index in [9.17, 15) is 9.59 Å². The zero-order valence-corrected chi connectivity index (χ0v) is 15.2. The van der Waals surface area contributed by atoms with Gasteiger partial charge in [-0.15, -0.1) is 0 Å². The van der Waals surface area contributed by atoms with E-state index < -0.39 is 5.97 Å². The maximum atomic E-state index is 12.2. The summed E-state index contributed by atoms with van der Waals surface area (Å²) in [5.74, 6) is -0.972. The highest BCUT2D eigenvalue weighted by Gasteiger charge is 2.22. The number of nitrogens with zero attached hydrogens (tertiary/aromatic N) is 2.